The van der Waals surface area contributed by atoms with Crippen molar-refractivity contribution in [1.82, 2.24) is 4.98 Å². The molecule has 1 heterocycles. The highest BCUT2D eigenvalue weighted by Crippen LogP contribution is 2.19. The molecule has 5 nitrogen and oxygen atoms in total. The molecule has 2 N–H and O–H groups in total. The highest BCUT2D eigenvalue weighted by Gasteiger charge is 2.10. The number of hydrogen-bond donors (Lipinski definition) is 2. The Kier molecular flexibility index (Phi) is 3.39. The maximum atomic E-state index is 13.5. The molecule has 0 aliphatic heterocycles. The number of halogens is 1. The van der Waals surface area contributed by atoms with Crippen molar-refractivity contribution in [3.05, 3.63) is 53.6 Å². The zero-order chi connectivity index (χ0) is 13.8. The standard InChI is InChI=1S/C13H8FN3O2/c14-12-6-8(1-2-11(12)13(18)19)17-9-3-4-16-10(5-9)7-15/h1-6H,(H,16,17)(H,18,19). The maximum Gasteiger partial charge on any atom is 0.338 e. The number of pyridine rings is 1. The van der Waals surface area contributed by atoms with E-state index in [1.165, 1.54) is 24.4 Å². The molecule has 94 valence electrons. The van der Waals surface area contributed by atoms with Gasteiger partial charge in [0.05, 0.1) is 5.56 Å². The van der Waals surface area contributed by atoms with E-state index in [-0.39, 0.29) is 5.69 Å². The first kappa shape index (κ1) is 12.5. The minimum atomic E-state index is -1.32. The smallest absolute Gasteiger partial charge is 0.338 e. The molecule has 19 heavy (non-hydrogen) atoms. The third-order valence-corrected chi connectivity index (χ3v) is 2.36. The number of aromatic carboxylic acids is 1. The van der Waals surface area contributed by atoms with Gasteiger partial charge in [0.1, 0.15) is 17.6 Å². The predicted molar refractivity (Wildman–Crippen MR) is 65.6 cm³/mol. The lowest BCUT2D eigenvalue weighted by Gasteiger charge is -2.07. The second kappa shape index (κ2) is 5.14. The third kappa shape index (κ3) is 2.84. The first-order valence-electron chi connectivity index (χ1n) is 5.26. The molecule has 0 radical (unpaired) electrons. The lowest BCUT2D eigenvalue weighted by molar-refractivity contribution is 0.0692. The van der Waals surface area contributed by atoms with Gasteiger partial charge in [-0.05, 0) is 30.3 Å². The molecular weight excluding hydrogens is 249 g/mol. The summed E-state index contributed by atoms with van der Waals surface area (Å²) in [5.41, 5.74) is 0.789. The molecule has 0 amide bonds. The van der Waals surface area contributed by atoms with Crippen molar-refractivity contribution in [2.45, 2.75) is 0 Å². The van der Waals surface area contributed by atoms with E-state index < -0.39 is 17.3 Å². The van der Waals surface area contributed by atoms with Gasteiger partial charge in [0.15, 0.2) is 0 Å². The van der Waals surface area contributed by atoms with E-state index in [2.05, 4.69) is 10.3 Å². The van der Waals surface area contributed by atoms with Gasteiger partial charge >= 0.3 is 5.97 Å². The molecule has 0 bridgehead atoms. The Hall–Kier alpha value is -2.94. The Morgan fingerprint density at radius 3 is 2.68 bits per heavy atom. The highest BCUT2D eigenvalue weighted by molar-refractivity contribution is 5.88. The summed E-state index contributed by atoms with van der Waals surface area (Å²) in [4.78, 5) is 14.5. The zero-order valence-corrected chi connectivity index (χ0v) is 9.59. The van der Waals surface area contributed by atoms with Gasteiger partial charge in [-0.2, -0.15) is 5.26 Å². The van der Waals surface area contributed by atoms with E-state index in [9.17, 15) is 9.18 Å². The lowest BCUT2D eigenvalue weighted by atomic mass is 10.2. The molecule has 0 aliphatic carbocycles. The summed E-state index contributed by atoms with van der Waals surface area (Å²) < 4.78 is 13.5. The fourth-order valence-electron chi connectivity index (χ4n) is 1.50. The number of nitrogens with zero attached hydrogens (tertiary/aromatic N) is 2. The molecule has 2 aromatic rings. The van der Waals surface area contributed by atoms with Gasteiger partial charge in [-0.3, -0.25) is 0 Å². The van der Waals surface area contributed by atoms with Crippen LogP contribution in [0.4, 0.5) is 15.8 Å². The molecule has 1 aromatic carbocycles. The number of hydrogen-bond acceptors (Lipinski definition) is 4. The normalized spacial score (nSPS) is 9.68. The van der Waals surface area contributed by atoms with Crippen LogP contribution in [-0.4, -0.2) is 16.1 Å². The molecule has 0 aliphatic rings. The summed E-state index contributed by atoms with van der Waals surface area (Å²) in [6.45, 7) is 0. The molecule has 0 atom stereocenters. The van der Waals surface area contributed by atoms with Crippen LogP contribution in [0.1, 0.15) is 16.1 Å². The van der Waals surface area contributed by atoms with Crippen LogP contribution in [0.5, 0.6) is 0 Å². The largest absolute Gasteiger partial charge is 0.478 e. The van der Waals surface area contributed by atoms with Crippen LogP contribution in [0, 0.1) is 17.1 Å². The van der Waals surface area contributed by atoms with E-state index >= 15 is 0 Å². The predicted octanol–water partition coefficient (Wildman–Crippen LogP) is 2.53. The number of carboxylic acids is 1. The molecule has 1 aromatic heterocycles. The molecular formula is C13H8FN3O2. The quantitative estimate of drug-likeness (QED) is 0.882. The van der Waals surface area contributed by atoms with Crippen molar-refractivity contribution in [3.63, 3.8) is 0 Å². The molecule has 0 spiro atoms. The first-order chi connectivity index (χ1) is 9.10. The van der Waals surface area contributed by atoms with E-state index in [0.717, 1.165) is 6.07 Å². The Bertz CT molecular complexity index is 680. The van der Waals surface area contributed by atoms with Crippen LogP contribution in [0.2, 0.25) is 0 Å². The van der Waals surface area contributed by atoms with Crippen LogP contribution < -0.4 is 5.32 Å². The van der Waals surface area contributed by atoms with E-state index in [0.29, 0.717) is 11.4 Å². The van der Waals surface area contributed by atoms with Gasteiger partial charge in [0.2, 0.25) is 0 Å². The molecule has 0 saturated carbocycles. The van der Waals surface area contributed by atoms with Gasteiger partial charge in [-0.15, -0.1) is 0 Å². The van der Waals surface area contributed by atoms with Crippen molar-refractivity contribution >= 4 is 17.3 Å². The number of nitrogens with one attached hydrogen (secondary N) is 1. The summed E-state index contributed by atoms with van der Waals surface area (Å²) in [7, 11) is 0. The Morgan fingerprint density at radius 1 is 1.32 bits per heavy atom. The Morgan fingerprint density at radius 2 is 2.05 bits per heavy atom. The summed E-state index contributed by atoms with van der Waals surface area (Å²) in [6, 6.07) is 8.70. The molecule has 0 saturated heterocycles. The first-order valence-corrected chi connectivity index (χ1v) is 5.26. The molecule has 2 rings (SSSR count). The lowest BCUT2D eigenvalue weighted by Crippen LogP contribution is -2.01. The SMILES string of the molecule is N#Cc1cc(Nc2ccc(C(=O)O)c(F)c2)ccn1. The van der Waals surface area contributed by atoms with Crippen LogP contribution in [-0.2, 0) is 0 Å². The topological polar surface area (TPSA) is 86.0 Å². The number of aromatic nitrogens is 1. The fraction of sp³-hybridized carbons (Fsp3) is 0. The maximum absolute atomic E-state index is 13.5. The Balaban J connectivity index is 2.26. The van der Waals surface area contributed by atoms with Crippen molar-refractivity contribution in [2.75, 3.05) is 5.32 Å². The zero-order valence-electron chi connectivity index (χ0n) is 9.59. The van der Waals surface area contributed by atoms with Gasteiger partial charge in [0, 0.05) is 17.6 Å². The van der Waals surface area contributed by atoms with Gasteiger partial charge < -0.3 is 10.4 Å². The van der Waals surface area contributed by atoms with E-state index in [1.807, 2.05) is 6.07 Å². The van der Waals surface area contributed by atoms with Gasteiger partial charge in [-0.25, -0.2) is 14.2 Å². The van der Waals surface area contributed by atoms with Gasteiger partial charge in [-0.1, -0.05) is 0 Å². The van der Waals surface area contributed by atoms with Crippen LogP contribution in [0.3, 0.4) is 0 Å². The van der Waals surface area contributed by atoms with Crippen molar-refractivity contribution in [2.24, 2.45) is 0 Å². The summed E-state index contributed by atoms with van der Waals surface area (Å²) in [6.07, 6.45) is 1.45. The summed E-state index contributed by atoms with van der Waals surface area (Å²) in [5.74, 6) is -2.15. The second-order valence-electron chi connectivity index (χ2n) is 3.67. The number of anilines is 2. The van der Waals surface area contributed by atoms with Crippen LogP contribution >= 0.6 is 0 Å². The molecule has 0 unspecified atom stereocenters. The second-order valence-corrected chi connectivity index (χ2v) is 3.67. The van der Waals surface area contributed by atoms with Crippen molar-refractivity contribution in [1.29, 1.82) is 5.26 Å². The number of benzene rings is 1. The third-order valence-electron chi connectivity index (χ3n) is 2.36. The van der Waals surface area contributed by atoms with E-state index in [4.69, 9.17) is 10.4 Å². The van der Waals surface area contributed by atoms with E-state index in [1.54, 1.807) is 6.07 Å². The summed E-state index contributed by atoms with van der Waals surface area (Å²) >= 11 is 0. The minimum Gasteiger partial charge on any atom is -0.478 e. The van der Waals surface area contributed by atoms with Crippen molar-refractivity contribution in [3.8, 4) is 6.07 Å². The molecule has 6 heteroatoms. The number of carbonyl (C=O) groups is 1. The minimum absolute atomic E-state index is 0.229. The monoisotopic (exact) mass is 257 g/mol. The van der Waals surface area contributed by atoms with Gasteiger partial charge in [0.25, 0.3) is 0 Å². The fourth-order valence-corrected chi connectivity index (χ4v) is 1.50. The summed E-state index contributed by atoms with van der Waals surface area (Å²) in [5, 5.41) is 20.3. The Labute approximate surface area is 108 Å². The number of carboxylic acid groups (broad SMARTS) is 1. The van der Waals surface area contributed by atoms with Crippen LogP contribution in [0.15, 0.2) is 36.5 Å². The van der Waals surface area contributed by atoms with Crippen molar-refractivity contribution < 1.29 is 14.3 Å². The average Bonchev–Trinajstić information content (AvgIpc) is 2.38. The average molecular weight is 257 g/mol. The van der Waals surface area contributed by atoms with Crippen LogP contribution in [0.25, 0.3) is 0 Å². The highest BCUT2D eigenvalue weighted by atomic mass is 19.1. The molecule has 0 fully saturated rings. The number of rotatable bonds is 3. The number of nitriles is 1.